The van der Waals surface area contributed by atoms with Crippen molar-refractivity contribution in [2.45, 2.75) is 13.0 Å². The molecule has 1 N–H and O–H groups in total. The summed E-state index contributed by atoms with van der Waals surface area (Å²) in [7, 11) is 1.61. The molecule has 0 aliphatic carbocycles. The summed E-state index contributed by atoms with van der Waals surface area (Å²) in [5.41, 5.74) is 2.34. The number of nitrogens with one attached hydrogen (secondary N) is 1. The molecular weight excluding hydrogens is 346 g/mol. The first-order valence-electron chi connectivity index (χ1n) is 8.68. The lowest BCUT2D eigenvalue weighted by atomic mass is 9.95. The topological polar surface area (TPSA) is 86.5 Å². The summed E-state index contributed by atoms with van der Waals surface area (Å²) >= 11 is 0. The van der Waals surface area contributed by atoms with Crippen molar-refractivity contribution in [3.8, 4) is 22.9 Å². The Morgan fingerprint density at radius 3 is 3.00 bits per heavy atom. The number of pyridine rings is 1. The fourth-order valence-corrected chi connectivity index (χ4v) is 3.07. The lowest BCUT2D eigenvalue weighted by Gasteiger charge is -2.25. The van der Waals surface area contributed by atoms with Gasteiger partial charge in [0.1, 0.15) is 12.3 Å². The van der Waals surface area contributed by atoms with Gasteiger partial charge >= 0.3 is 0 Å². The van der Waals surface area contributed by atoms with Crippen molar-refractivity contribution < 1.29 is 18.8 Å². The number of fused-ring (bicyclic) bond motifs is 1. The van der Waals surface area contributed by atoms with Gasteiger partial charge in [0.05, 0.1) is 25.3 Å². The molecule has 1 amide bonds. The van der Waals surface area contributed by atoms with Gasteiger partial charge in [-0.3, -0.25) is 9.78 Å². The van der Waals surface area contributed by atoms with Gasteiger partial charge in [-0.1, -0.05) is 23.4 Å². The molecule has 0 unspecified atom stereocenters. The van der Waals surface area contributed by atoms with Crippen LogP contribution in [-0.4, -0.2) is 29.8 Å². The van der Waals surface area contributed by atoms with E-state index >= 15 is 0 Å². The summed E-state index contributed by atoms with van der Waals surface area (Å²) in [6, 6.07) is 13.1. The normalized spacial score (nSPS) is 15.5. The van der Waals surface area contributed by atoms with E-state index in [2.05, 4.69) is 15.5 Å². The van der Waals surface area contributed by atoms with Crippen LogP contribution in [0, 0.1) is 5.92 Å². The molecule has 0 radical (unpaired) electrons. The van der Waals surface area contributed by atoms with E-state index in [0.717, 1.165) is 17.0 Å². The maximum atomic E-state index is 12.5. The molecule has 0 fully saturated rings. The van der Waals surface area contributed by atoms with Crippen LogP contribution in [0.3, 0.4) is 0 Å². The highest BCUT2D eigenvalue weighted by Gasteiger charge is 2.27. The number of carbonyl (C=O) groups excluding carboxylic acids is 1. The van der Waals surface area contributed by atoms with Gasteiger partial charge in [-0.25, -0.2) is 0 Å². The number of aromatic nitrogens is 2. The molecule has 3 aromatic rings. The molecule has 4 rings (SSSR count). The largest absolute Gasteiger partial charge is 0.493 e. The smallest absolute Gasteiger partial charge is 0.227 e. The summed E-state index contributed by atoms with van der Waals surface area (Å²) in [5.74, 6) is 1.64. The van der Waals surface area contributed by atoms with E-state index in [0.29, 0.717) is 30.2 Å². The maximum absolute atomic E-state index is 12.5. The number of ether oxygens (including phenoxy) is 2. The molecule has 7 heteroatoms. The molecule has 1 aromatic carbocycles. The Labute approximate surface area is 156 Å². The van der Waals surface area contributed by atoms with Crippen LogP contribution in [0.4, 0.5) is 0 Å². The van der Waals surface area contributed by atoms with Crippen molar-refractivity contribution in [2.75, 3.05) is 13.7 Å². The average molecular weight is 365 g/mol. The number of hydrogen-bond acceptors (Lipinski definition) is 6. The van der Waals surface area contributed by atoms with E-state index in [1.807, 2.05) is 36.4 Å². The average Bonchev–Trinajstić information content (AvgIpc) is 3.21. The third-order valence-electron chi connectivity index (χ3n) is 4.47. The van der Waals surface area contributed by atoms with Crippen LogP contribution in [0.15, 0.2) is 53.2 Å². The first-order valence-corrected chi connectivity index (χ1v) is 8.68. The van der Waals surface area contributed by atoms with Crippen molar-refractivity contribution in [1.82, 2.24) is 15.5 Å². The molecule has 1 atom stereocenters. The van der Waals surface area contributed by atoms with E-state index in [1.165, 1.54) is 0 Å². The molecule has 0 saturated carbocycles. The summed E-state index contributed by atoms with van der Waals surface area (Å²) in [4.78, 5) is 16.7. The summed E-state index contributed by atoms with van der Waals surface area (Å²) in [6.45, 7) is 0.578. The Kier molecular flexibility index (Phi) is 4.74. The number of carbonyl (C=O) groups is 1. The monoisotopic (exact) mass is 365 g/mol. The zero-order chi connectivity index (χ0) is 18.6. The van der Waals surface area contributed by atoms with Crippen LogP contribution in [0.1, 0.15) is 11.3 Å². The number of para-hydroxylation sites is 1. The SMILES string of the molecule is COc1cccc2c1OC[C@H](C(=O)NCc1cc(-c3ccccn3)no1)C2. The molecule has 138 valence electrons. The van der Waals surface area contributed by atoms with Gasteiger partial charge in [0.15, 0.2) is 17.3 Å². The lowest BCUT2D eigenvalue weighted by Crippen LogP contribution is -2.37. The van der Waals surface area contributed by atoms with E-state index in [4.69, 9.17) is 14.0 Å². The Morgan fingerprint density at radius 2 is 2.19 bits per heavy atom. The Balaban J connectivity index is 1.37. The minimum atomic E-state index is -0.261. The highest BCUT2D eigenvalue weighted by Crippen LogP contribution is 2.36. The first-order chi connectivity index (χ1) is 13.2. The summed E-state index contributed by atoms with van der Waals surface area (Å²) < 4.78 is 16.4. The van der Waals surface area contributed by atoms with E-state index in [9.17, 15) is 4.79 Å². The van der Waals surface area contributed by atoms with Gasteiger partial charge in [0, 0.05) is 12.3 Å². The highest BCUT2D eigenvalue weighted by molar-refractivity contribution is 5.79. The summed E-state index contributed by atoms with van der Waals surface area (Å²) in [6.07, 6.45) is 2.30. The van der Waals surface area contributed by atoms with Crippen LogP contribution in [-0.2, 0) is 17.8 Å². The van der Waals surface area contributed by atoms with Crippen molar-refractivity contribution >= 4 is 5.91 Å². The van der Waals surface area contributed by atoms with Gasteiger partial charge in [-0.15, -0.1) is 0 Å². The molecule has 1 aliphatic rings. The Morgan fingerprint density at radius 1 is 1.26 bits per heavy atom. The predicted octanol–water partition coefficient (Wildman–Crippen LogP) is 2.61. The summed E-state index contributed by atoms with van der Waals surface area (Å²) in [5, 5.41) is 6.89. The fourth-order valence-electron chi connectivity index (χ4n) is 3.07. The Hall–Kier alpha value is -3.35. The molecule has 7 nitrogen and oxygen atoms in total. The van der Waals surface area contributed by atoms with E-state index < -0.39 is 0 Å². The first kappa shape index (κ1) is 17.1. The van der Waals surface area contributed by atoms with E-state index in [-0.39, 0.29) is 18.4 Å². The second-order valence-corrected chi connectivity index (χ2v) is 6.27. The second-order valence-electron chi connectivity index (χ2n) is 6.27. The molecule has 2 aromatic heterocycles. The van der Waals surface area contributed by atoms with Crippen LogP contribution in [0.25, 0.3) is 11.4 Å². The van der Waals surface area contributed by atoms with Gasteiger partial charge in [0.2, 0.25) is 5.91 Å². The van der Waals surface area contributed by atoms with Crippen molar-refractivity contribution in [1.29, 1.82) is 0 Å². The Bertz CT molecular complexity index is 939. The number of benzene rings is 1. The number of nitrogens with zero attached hydrogens (tertiary/aromatic N) is 2. The van der Waals surface area contributed by atoms with Gasteiger partial charge < -0.3 is 19.3 Å². The number of hydrogen-bond donors (Lipinski definition) is 1. The quantitative estimate of drug-likeness (QED) is 0.748. The zero-order valence-electron chi connectivity index (χ0n) is 14.8. The third-order valence-corrected chi connectivity index (χ3v) is 4.47. The van der Waals surface area contributed by atoms with Gasteiger partial charge in [-0.05, 0) is 30.2 Å². The highest BCUT2D eigenvalue weighted by atomic mass is 16.5. The molecule has 27 heavy (non-hydrogen) atoms. The second kappa shape index (κ2) is 7.49. The van der Waals surface area contributed by atoms with Gasteiger partial charge in [-0.2, -0.15) is 0 Å². The molecule has 0 bridgehead atoms. The van der Waals surface area contributed by atoms with Crippen LogP contribution in [0.5, 0.6) is 11.5 Å². The molecule has 0 saturated heterocycles. The molecule has 1 aliphatic heterocycles. The fraction of sp³-hybridized carbons (Fsp3) is 0.250. The van der Waals surface area contributed by atoms with Crippen molar-refractivity contribution in [3.05, 3.63) is 60.0 Å². The molecule has 3 heterocycles. The maximum Gasteiger partial charge on any atom is 0.227 e. The standard InChI is InChI=1S/C20H19N3O4/c1-25-18-7-4-5-13-9-14(12-26-19(13)18)20(24)22-11-15-10-17(23-27-15)16-6-2-3-8-21-16/h2-8,10,14H,9,11-12H2,1H3,(H,22,24)/t14-/m1/s1. The van der Waals surface area contributed by atoms with Crippen LogP contribution in [0.2, 0.25) is 0 Å². The lowest BCUT2D eigenvalue weighted by molar-refractivity contribution is -0.126. The van der Waals surface area contributed by atoms with E-state index in [1.54, 1.807) is 19.4 Å². The van der Waals surface area contributed by atoms with Crippen molar-refractivity contribution in [3.63, 3.8) is 0 Å². The minimum absolute atomic E-state index is 0.0840. The van der Waals surface area contributed by atoms with Crippen LogP contribution >= 0.6 is 0 Å². The van der Waals surface area contributed by atoms with Gasteiger partial charge in [0.25, 0.3) is 0 Å². The van der Waals surface area contributed by atoms with Crippen molar-refractivity contribution in [2.24, 2.45) is 5.92 Å². The zero-order valence-corrected chi connectivity index (χ0v) is 14.8. The van der Waals surface area contributed by atoms with Crippen LogP contribution < -0.4 is 14.8 Å². The number of amides is 1. The third kappa shape index (κ3) is 3.62. The number of methoxy groups -OCH3 is 1. The number of rotatable bonds is 5. The molecular formula is C20H19N3O4. The predicted molar refractivity (Wildman–Crippen MR) is 97.3 cm³/mol. The minimum Gasteiger partial charge on any atom is -0.493 e. The molecule has 0 spiro atoms.